The van der Waals surface area contributed by atoms with Gasteiger partial charge in [-0.25, -0.2) is 4.39 Å². The highest BCUT2D eigenvalue weighted by Gasteiger charge is 2.21. The lowest BCUT2D eigenvalue weighted by Crippen LogP contribution is -2.18. The molecule has 0 saturated heterocycles. The second-order valence-corrected chi connectivity index (χ2v) is 5.61. The summed E-state index contributed by atoms with van der Waals surface area (Å²) < 4.78 is 18.5. The topological polar surface area (TPSA) is 21.3 Å². The molecule has 0 radical (unpaired) electrons. The first-order valence-corrected chi connectivity index (χ1v) is 7.37. The van der Waals surface area contributed by atoms with E-state index in [9.17, 15) is 4.39 Å². The summed E-state index contributed by atoms with van der Waals surface area (Å²) in [7, 11) is 1.70. The molecule has 0 aromatic heterocycles. The Bertz CT molecular complexity index is 654. The van der Waals surface area contributed by atoms with E-state index >= 15 is 0 Å². The summed E-state index contributed by atoms with van der Waals surface area (Å²) in [6.07, 6.45) is 3.33. The molecule has 2 nitrogen and oxygen atoms in total. The molecule has 0 amide bonds. The summed E-state index contributed by atoms with van der Waals surface area (Å²) >= 11 is 0. The van der Waals surface area contributed by atoms with Crippen molar-refractivity contribution in [2.24, 2.45) is 0 Å². The van der Waals surface area contributed by atoms with Crippen LogP contribution in [0.3, 0.4) is 0 Å². The van der Waals surface area contributed by atoms with E-state index in [1.807, 2.05) is 19.1 Å². The zero-order valence-corrected chi connectivity index (χ0v) is 12.4. The molecule has 0 saturated carbocycles. The number of hydrogen-bond donors (Lipinski definition) is 1. The molecule has 3 rings (SSSR count). The standard InChI is InChI=1S/C18H20FNO/c1-12-10-14(19)6-9-17(12)20-18-5-3-4-13-11-15(21-2)7-8-16(13)18/h6-11,18,20H,3-5H2,1-2H3. The molecule has 2 aromatic carbocycles. The van der Waals surface area contributed by atoms with Crippen LogP contribution in [0.1, 0.15) is 35.6 Å². The van der Waals surface area contributed by atoms with Gasteiger partial charge in [0, 0.05) is 5.69 Å². The maximum atomic E-state index is 13.2. The van der Waals surface area contributed by atoms with E-state index in [1.165, 1.54) is 17.2 Å². The highest BCUT2D eigenvalue weighted by molar-refractivity contribution is 5.53. The molecule has 0 heterocycles. The van der Waals surface area contributed by atoms with Crippen LogP contribution in [0.25, 0.3) is 0 Å². The number of methoxy groups -OCH3 is 1. The van der Waals surface area contributed by atoms with E-state index < -0.39 is 0 Å². The van der Waals surface area contributed by atoms with Gasteiger partial charge in [0.15, 0.2) is 0 Å². The number of halogens is 1. The number of ether oxygens (including phenoxy) is 1. The van der Waals surface area contributed by atoms with Gasteiger partial charge < -0.3 is 10.1 Å². The monoisotopic (exact) mass is 285 g/mol. The van der Waals surface area contributed by atoms with Gasteiger partial charge in [-0.15, -0.1) is 0 Å². The second-order valence-electron chi connectivity index (χ2n) is 5.61. The molecule has 110 valence electrons. The molecule has 1 N–H and O–H groups in total. The van der Waals surface area contributed by atoms with Crippen molar-refractivity contribution < 1.29 is 9.13 Å². The lowest BCUT2D eigenvalue weighted by Gasteiger charge is -2.28. The largest absolute Gasteiger partial charge is 0.497 e. The third-order valence-corrected chi connectivity index (χ3v) is 4.18. The first-order valence-electron chi connectivity index (χ1n) is 7.37. The zero-order chi connectivity index (χ0) is 14.8. The number of hydrogen-bond acceptors (Lipinski definition) is 2. The molecule has 0 spiro atoms. The lowest BCUT2D eigenvalue weighted by molar-refractivity contribution is 0.413. The van der Waals surface area contributed by atoms with E-state index in [0.29, 0.717) is 0 Å². The molecule has 1 atom stereocenters. The van der Waals surface area contributed by atoms with Crippen molar-refractivity contribution in [1.29, 1.82) is 0 Å². The SMILES string of the molecule is COc1ccc2c(c1)CCCC2Nc1ccc(F)cc1C. The van der Waals surface area contributed by atoms with Crippen molar-refractivity contribution in [3.8, 4) is 5.75 Å². The van der Waals surface area contributed by atoms with Gasteiger partial charge >= 0.3 is 0 Å². The van der Waals surface area contributed by atoms with Crippen LogP contribution in [0.2, 0.25) is 0 Å². The van der Waals surface area contributed by atoms with Crippen LogP contribution in [0.4, 0.5) is 10.1 Å². The van der Waals surface area contributed by atoms with Gasteiger partial charge in [-0.05, 0) is 73.2 Å². The first-order chi connectivity index (χ1) is 10.2. The average molecular weight is 285 g/mol. The van der Waals surface area contributed by atoms with Crippen molar-refractivity contribution in [1.82, 2.24) is 0 Å². The highest BCUT2D eigenvalue weighted by atomic mass is 19.1. The van der Waals surface area contributed by atoms with E-state index in [-0.39, 0.29) is 11.9 Å². The van der Waals surface area contributed by atoms with Crippen molar-refractivity contribution in [2.45, 2.75) is 32.2 Å². The van der Waals surface area contributed by atoms with Crippen LogP contribution in [0.15, 0.2) is 36.4 Å². The summed E-state index contributed by atoms with van der Waals surface area (Å²) in [4.78, 5) is 0. The molecule has 1 aliphatic rings. The summed E-state index contributed by atoms with van der Waals surface area (Å²) in [6.45, 7) is 1.93. The predicted molar refractivity (Wildman–Crippen MR) is 83.4 cm³/mol. The molecular weight excluding hydrogens is 265 g/mol. The number of fused-ring (bicyclic) bond motifs is 1. The normalized spacial score (nSPS) is 17.2. The van der Waals surface area contributed by atoms with Gasteiger partial charge in [0.25, 0.3) is 0 Å². The molecule has 0 bridgehead atoms. The van der Waals surface area contributed by atoms with E-state index in [2.05, 4.69) is 17.4 Å². The Morgan fingerprint density at radius 1 is 1.19 bits per heavy atom. The second kappa shape index (κ2) is 5.76. The fourth-order valence-corrected chi connectivity index (χ4v) is 3.04. The lowest BCUT2D eigenvalue weighted by atomic mass is 9.87. The van der Waals surface area contributed by atoms with Gasteiger partial charge in [-0.2, -0.15) is 0 Å². The Labute approximate surface area is 125 Å². The van der Waals surface area contributed by atoms with Gasteiger partial charge in [-0.3, -0.25) is 0 Å². The van der Waals surface area contributed by atoms with Crippen LogP contribution in [0, 0.1) is 12.7 Å². The minimum absolute atomic E-state index is 0.188. The molecule has 1 aliphatic carbocycles. The quantitative estimate of drug-likeness (QED) is 0.887. The third kappa shape index (κ3) is 2.87. The average Bonchev–Trinajstić information content (AvgIpc) is 2.49. The zero-order valence-electron chi connectivity index (χ0n) is 12.4. The number of anilines is 1. The number of rotatable bonds is 3. The van der Waals surface area contributed by atoms with E-state index in [0.717, 1.165) is 36.3 Å². The van der Waals surface area contributed by atoms with Crippen molar-refractivity contribution in [3.05, 3.63) is 58.9 Å². The molecule has 0 fully saturated rings. The van der Waals surface area contributed by atoms with Crippen LogP contribution in [-0.4, -0.2) is 7.11 Å². The summed E-state index contributed by atoms with van der Waals surface area (Å²) in [5.41, 5.74) is 4.62. The van der Waals surface area contributed by atoms with Crippen LogP contribution >= 0.6 is 0 Å². The Kier molecular flexibility index (Phi) is 3.82. The van der Waals surface area contributed by atoms with E-state index in [1.54, 1.807) is 13.2 Å². The third-order valence-electron chi connectivity index (χ3n) is 4.18. The molecule has 3 heteroatoms. The Balaban J connectivity index is 1.88. The van der Waals surface area contributed by atoms with Gasteiger partial charge in [0.2, 0.25) is 0 Å². The molecule has 1 unspecified atom stereocenters. The van der Waals surface area contributed by atoms with Crippen LogP contribution in [0.5, 0.6) is 5.75 Å². The van der Waals surface area contributed by atoms with Gasteiger partial charge in [0.05, 0.1) is 13.2 Å². The molecular formula is C18H20FNO. The summed E-state index contributed by atoms with van der Waals surface area (Å²) in [6, 6.07) is 11.5. The van der Waals surface area contributed by atoms with Crippen LogP contribution < -0.4 is 10.1 Å². The van der Waals surface area contributed by atoms with Crippen molar-refractivity contribution in [3.63, 3.8) is 0 Å². The molecule has 2 aromatic rings. The van der Waals surface area contributed by atoms with Crippen molar-refractivity contribution in [2.75, 3.05) is 12.4 Å². The molecule has 0 aliphatic heterocycles. The Morgan fingerprint density at radius 2 is 2.05 bits per heavy atom. The minimum Gasteiger partial charge on any atom is -0.497 e. The maximum Gasteiger partial charge on any atom is 0.123 e. The fraction of sp³-hybridized carbons (Fsp3) is 0.333. The Morgan fingerprint density at radius 3 is 2.81 bits per heavy atom. The van der Waals surface area contributed by atoms with Crippen LogP contribution in [-0.2, 0) is 6.42 Å². The van der Waals surface area contributed by atoms with Gasteiger partial charge in [-0.1, -0.05) is 6.07 Å². The number of nitrogens with one attached hydrogen (secondary N) is 1. The number of aryl methyl sites for hydroxylation is 2. The molecule has 21 heavy (non-hydrogen) atoms. The van der Waals surface area contributed by atoms with Crippen molar-refractivity contribution >= 4 is 5.69 Å². The van der Waals surface area contributed by atoms with Gasteiger partial charge in [0.1, 0.15) is 11.6 Å². The highest BCUT2D eigenvalue weighted by Crippen LogP contribution is 2.35. The van der Waals surface area contributed by atoms with E-state index in [4.69, 9.17) is 4.74 Å². The number of benzene rings is 2. The Hall–Kier alpha value is -2.03. The summed E-state index contributed by atoms with van der Waals surface area (Å²) in [5, 5.41) is 3.56. The maximum absolute atomic E-state index is 13.2. The first kappa shape index (κ1) is 13.9. The smallest absolute Gasteiger partial charge is 0.123 e. The fourth-order valence-electron chi connectivity index (χ4n) is 3.04. The predicted octanol–water partition coefficient (Wildman–Crippen LogP) is 4.63. The summed E-state index contributed by atoms with van der Waals surface area (Å²) in [5.74, 6) is 0.721. The minimum atomic E-state index is -0.188.